The van der Waals surface area contributed by atoms with E-state index in [1.54, 1.807) is 24.3 Å². The minimum atomic E-state index is -0.622. The zero-order valence-corrected chi connectivity index (χ0v) is 13.1. The van der Waals surface area contributed by atoms with Gasteiger partial charge >= 0.3 is 0 Å². The fourth-order valence-electron chi connectivity index (χ4n) is 1.74. The molecule has 0 radical (unpaired) electrons. The van der Waals surface area contributed by atoms with Gasteiger partial charge in [-0.05, 0) is 36.4 Å². The number of hydrogen-bond acceptors (Lipinski definition) is 4. The molecule has 7 nitrogen and oxygen atoms in total. The van der Waals surface area contributed by atoms with E-state index in [2.05, 4.69) is 16.2 Å². The van der Waals surface area contributed by atoms with Crippen molar-refractivity contribution in [3.05, 3.63) is 66.0 Å². The molecule has 130 valence electrons. The van der Waals surface area contributed by atoms with E-state index in [0.29, 0.717) is 5.75 Å². The molecule has 2 aromatic carbocycles. The number of hydrazine groups is 1. The molecule has 0 unspecified atom stereocenters. The Morgan fingerprint density at radius 2 is 1.56 bits per heavy atom. The van der Waals surface area contributed by atoms with Crippen molar-refractivity contribution in [2.75, 3.05) is 13.2 Å². The van der Waals surface area contributed by atoms with E-state index < -0.39 is 23.5 Å². The first-order valence-corrected chi connectivity index (χ1v) is 7.34. The van der Waals surface area contributed by atoms with E-state index in [0.717, 1.165) is 12.1 Å². The third-order valence-corrected chi connectivity index (χ3v) is 2.98. The topological polar surface area (TPSA) is 96.5 Å². The van der Waals surface area contributed by atoms with Crippen molar-refractivity contribution >= 4 is 17.7 Å². The lowest BCUT2D eigenvalue weighted by Crippen LogP contribution is -2.46. The van der Waals surface area contributed by atoms with E-state index in [9.17, 15) is 18.8 Å². The molecule has 0 atom stereocenters. The molecule has 0 aliphatic rings. The number of carbonyl (C=O) groups is 3. The summed E-state index contributed by atoms with van der Waals surface area (Å²) in [6.07, 6.45) is 0. The van der Waals surface area contributed by atoms with Crippen molar-refractivity contribution in [1.29, 1.82) is 0 Å². The van der Waals surface area contributed by atoms with Crippen LogP contribution in [0.4, 0.5) is 4.39 Å². The number of carbonyl (C=O) groups excluding carboxylic acids is 3. The van der Waals surface area contributed by atoms with Crippen LogP contribution >= 0.6 is 0 Å². The monoisotopic (exact) mass is 345 g/mol. The van der Waals surface area contributed by atoms with Crippen molar-refractivity contribution < 1.29 is 23.5 Å². The van der Waals surface area contributed by atoms with Crippen LogP contribution in [-0.2, 0) is 9.59 Å². The van der Waals surface area contributed by atoms with Crippen molar-refractivity contribution in [3.8, 4) is 5.75 Å². The Balaban J connectivity index is 1.65. The van der Waals surface area contributed by atoms with Crippen LogP contribution in [0.3, 0.4) is 0 Å². The van der Waals surface area contributed by atoms with Gasteiger partial charge in [-0.1, -0.05) is 18.2 Å². The number of rotatable bonds is 6. The Morgan fingerprint density at radius 1 is 0.880 bits per heavy atom. The summed E-state index contributed by atoms with van der Waals surface area (Å²) in [6, 6.07) is 13.6. The highest BCUT2D eigenvalue weighted by molar-refractivity contribution is 5.95. The third-order valence-electron chi connectivity index (χ3n) is 2.98. The minimum Gasteiger partial charge on any atom is -0.484 e. The summed E-state index contributed by atoms with van der Waals surface area (Å²) in [7, 11) is 0. The van der Waals surface area contributed by atoms with Crippen LogP contribution in [0.5, 0.6) is 5.75 Å². The second-order valence-corrected chi connectivity index (χ2v) is 4.89. The van der Waals surface area contributed by atoms with Gasteiger partial charge in [0.15, 0.2) is 6.61 Å². The van der Waals surface area contributed by atoms with Crippen LogP contribution in [0.1, 0.15) is 10.4 Å². The van der Waals surface area contributed by atoms with E-state index in [4.69, 9.17) is 4.74 Å². The van der Waals surface area contributed by atoms with Gasteiger partial charge in [-0.25, -0.2) is 4.39 Å². The fourth-order valence-corrected chi connectivity index (χ4v) is 1.74. The predicted octanol–water partition coefficient (Wildman–Crippen LogP) is 0.782. The first kappa shape index (κ1) is 17.9. The number of amides is 3. The molecule has 0 aliphatic carbocycles. The molecule has 0 aromatic heterocycles. The van der Waals surface area contributed by atoms with E-state index in [-0.39, 0.29) is 18.7 Å². The number of ether oxygens (including phenoxy) is 1. The maximum Gasteiger partial charge on any atom is 0.269 e. The molecule has 25 heavy (non-hydrogen) atoms. The average molecular weight is 345 g/mol. The number of para-hydroxylation sites is 1. The lowest BCUT2D eigenvalue weighted by molar-refractivity contribution is -0.127. The molecule has 3 amide bonds. The lowest BCUT2D eigenvalue weighted by Gasteiger charge is -2.09. The van der Waals surface area contributed by atoms with Crippen molar-refractivity contribution in [3.63, 3.8) is 0 Å². The first-order valence-electron chi connectivity index (χ1n) is 7.34. The number of hydrogen-bond donors (Lipinski definition) is 3. The van der Waals surface area contributed by atoms with Crippen LogP contribution in [0.2, 0.25) is 0 Å². The van der Waals surface area contributed by atoms with Gasteiger partial charge in [0.05, 0.1) is 6.54 Å². The quantitative estimate of drug-likeness (QED) is 0.674. The Bertz CT molecular complexity index is 735. The van der Waals surface area contributed by atoms with Crippen LogP contribution < -0.4 is 20.9 Å². The summed E-state index contributed by atoms with van der Waals surface area (Å²) in [4.78, 5) is 34.8. The highest BCUT2D eigenvalue weighted by atomic mass is 19.1. The van der Waals surface area contributed by atoms with Crippen LogP contribution in [-0.4, -0.2) is 30.9 Å². The zero-order valence-electron chi connectivity index (χ0n) is 13.1. The van der Waals surface area contributed by atoms with Gasteiger partial charge in [0.25, 0.3) is 17.7 Å². The number of benzene rings is 2. The third kappa shape index (κ3) is 6.30. The van der Waals surface area contributed by atoms with Gasteiger partial charge in [0.1, 0.15) is 11.6 Å². The van der Waals surface area contributed by atoms with Crippen LogP contribution in [0.25, 0.3) is 0 Å². The molecule has 0 aliphatic heterocycles. The highest BCUT2D eigenvalue weighted by Crippen LogP contribution is 2.07. The number of halogens is 1. The zero-order chi connectivity index (χ0) is 18.1. The normalized spacial score (nSPS) is 9.80. The van der Waals surface area contributed by atoms with Gasteiger partial charge in [0.2, 0.25) is 0 Å². The Morgan fingerprint density at radius 3 is 2.24 bits per heavy atom. The molecule has 0 spiro atoms. The standard InChI is InChI=1S/C17H16FN3O4/c18-13-8-6-12(7-9-13)17(24)21-20-15(22)10-19-16(23)11-25-14-4-2-1-3-5-14/h1-9H,10-11H2,(H,19,23)(H,20,22)(H,21,24). The SMILES string of the molecule is O=C(COc1ccccc1)NCC(=O)NNC(=O)c1ccc(F)cc1. The Hall–Kier alpha value is -3.42. The summed E-state index contributed by atoms with van der Waals surface area (Å²) in [6.45, 7) is -0.570. The first-order chi connectivity index (χ1) is 12.0. The summed E-state index contributed by atoms with van der Waals surface area (Å²) in [5.74, 6) is -1.64. The Labute approximate surface area is 143 Å². The molecule has 0 bridgehead atoms. The van der Waals surface area contributed by atoms with Gasteiger partial charge < -0.3 is 10.1 Å². The Kier molecular flexibility index (Phi) is 6.47. The molecule has 3 N–H and O–H groups in total. The second kappa shape index (κ2) is 9.02. The lowest BCUT2D eigenvalue weighted by atomic mass is 10.2. The predicted molar refractivity (Wildman–Crippen MR) is 87.0 cm³/mol. The van der Waals surface area contributed by atoms with Crippen LogP contribution in [0, 0.1) is 5.82 Å². The molecule has 0 fully saturated rings. The summed E-state index contributed by atoms with van der Waals surface area (Å²) >= 11 is 0. The molecule has 2 rings (SSSR count). The molecule has 0 saturated heterocycles. The second-order valence-electron chi connectivity index (χ2n) is 4.89. The van der Waals surface area contributed by atoms with Crippen molar-refractivity contribution in [1.82, 2.24) is 16.2 Å². The van der Waals surface area contributed by atoms with E-state index in [1.165, 1.54) is 12.1 Å². The van der Waals surface area contributed by atoms with Crippen molar-refractivity contribution in [2.45, 2.75) is 0 Å². The smallest absolute Gasteiger partial charge is 0.269 e. The van der Waals surface area contributed by atoms with Crippen LogP contribution in [0.15, 0.2) is 54.6 Å². The van der Waals surface area contributed by atoms with Gasteiger partial charge in [-0.2, -0.15) is 0 Å². The van der Waals surface area contributed by atoms with E-state index in [1.807, 2.05) is 6.07 Å². The summed E-state index contributed by atoms with van der Waals surface area (Å²) < 4.78 is 18.0. The molecule has 8 heteroatoms. The molecule has 2 aromatic rings. The molecular formula is C17H16FN3O4. The van der Waals surface area contributed by atoms with Gasteiger partial charge in [-0.3, -0.25) is 25.2 Å². The number of nitrogens with one attached hydrogen (secondary N) is 3. The summed E-state index contributed by atoms with van der Waals surface area (Å²) in [5, 5.41) is 2.35. The highest BCUT2D eigenvalue weighted by Gasteiger charge is 2.09. The maximum absolute atomic E-state index is 12.8. The van der Waals surface area contributed by atoms with Gasteiger partial charge in [0, 0.05) is 5.56 Å². The largest absolute Gasteiger partial charge is 0.484 e. The minimum absolute atomic E-state index is 0.182. The van der Waals surface area contributed by atoms with Gasteiger partial charge in [-0.15, -0.1) is 0 Å². The molecule has 0 saturated carbocycles. The molecule has 0 heterocycles. The average Bonchev–Trinajstić information content (AvgIpc) is 2.64. The van der Waals surface area contributed by atoms with Crippen molar-refractivity contribution in [2.24, 2.45) is 0 Å². The van der Waals surface area contributed by atoms with E-state index >= 15 is 0 Å². The molecular weight excluding hydrogens is 329 g/mol. The summed E-state index contributed by atoms with van der Waals surface area (Å²) in [5.41, 5.74) is 4.48. The fraction of sp³-hybridized carbons (Fsp3) is 0.118. The maximum atomic E-state index is 12.8.